The molecule has 2 unspecified atom stereocenters. The summed E-state index contributed by atoms with van der Waals surface area (Å²) in [5, 5.41) is 2.88. The number of nitrogens with one attached hydrogen (secondary N) is 1. The van der Waals surface area contributed by atoms with Crippen LogP contribution in [0.5, 0.6) is 0 Å². The van der Waals surface area contributed by atoms with Crippen molar-refractivity contribution in [3.8, 4) is 0 Å². The first-order valence-electron chi connectivity index (χ1n) is 6.94. The van der Waals surface area contributed by atoms with E-state index >= 15 is 0 Å². The van der Waals surface area contributed by atoms with Gasteiger partial charge in [0.2, 0.25) is 0 Å². The number of sulfone groups is 1. The molecular formula is C13H29NO3S. The average Bonchev–Trinajstić information content (AvgIpc) is 2.32. The molecule has 0 spiro atoms. The van der Waals surface area contributed by atoms with Gasteiger partial charge in [0.05, 0.1) is 11.0 Å². The first kappa shape index (κ1) is 17.9. The molecule has 1 N–H and O–H groups in total. The van der Waals surface area contributed by atoms with Crippen LogP contribution in [0.15, 0.2) is 0 Å². The van der Waals surface area contributed by atoms with Gasteiger partial charge < -0.3 is 10.1 Å². The highest BCUT2D eigenvalue weighted by Gasteiger charge is 2.22. The summed E-state index contributed by atoms with van der Waals surface area (Å²) in [4.78, 5) is 0. The third kappa shape index (κ3) is 8.06. The van der Waals surface area contributed by atoms with Crippen molar-refractivity contribution in [2.75, 3.05) is 32.1 Å². The summed E-state index contributed by atoms with van der Waals surface area (Å²) in [5.74, 6) is 0.543. The average molecular weight is 279 g/mol. The van der Waals surface area contributed by atoms with Crippen molar-refractivity contribution >= 4 is 9.84 Å². The molecule has 0 aliphatic rings. The molecule has 0 aromatic carbocycles. The van der Waals surface area contributed by atoms with Crippen molar-refractivity contribution in [1.29, 1.82) is 0 Å². The molecule has 0 heterocycles. The van der Waals surface area contributed by atoms with E-state index in [2.05, 4.69) is 5.32 Å². The molecule has 0 aromatic heterocycles. The van der Waals surface area contributed by atoms with E-state index < -0.39 is 9.84 Å². The van der Waals surface area contributed by atoms with Gasteiger partial charge in [-0.3, -0.25) is 0 Å². The molecule has 0 saturated carbocycles. The van der Waals surface area contributed by atoms with Crippen LogP contribution in [0.25, 0.3) is 0 Å². The second kappa shape index (κ2) is 9.75. The quantitative estimate of drug-likeness (QED) is 0.587. The SMILES string of the molecule is CCOCCCNCC(C)S(=O)(=O)CC(C)CC. The largest absolute Gasteiger partial charge is 0.382 e. The van der Waals surface area contributed by atoms with Gasteiger partial charge in [0.15, 0.2) is 9.84 Å². The fourth-order valence-corrected chi connectivity index (χ4v) is 3.28. The zero-order valence-corrected chi connectivity index (χ0v) is 13.1. The van der Waals surface area contributed by atoms with Crippen LogP contribution in [0.3, 0.4) is 0 Å². The van der Waals surface area contributed by atoms with Gasteiger partial charge in [0.1, 0.15) is 0 Å². The lowest BCUT2D eigenvalue weighted by molar-refractivity contribution is 0.145. The summed E-state index contributed by atoms with van der Waals surface area (Å²) in [6.07, 6.45) is 1.83. The van der Waals surface area contributed by atoms with Crippen molar-refractivity contribution in [3.63, 3.8) is 0 Å². The Balaban J connectivity index is 3.83. The Kier molecular flexibility index (Phi) is 9.68. The molecule has 0 amide bonds. The van der Waals surface area contributed by atoms with Gasteiger partial charge in [0.25, 0.3) is 0 Å². The van der Waals surface area contributed by atoms with Crippen LogP contribution in [-0.2, 0) is 14.6 Å². The summed E-state index contributed by atoms with van der Waals surface area (Å²) in [6.45, 7) is 10.6. The van der Waals surface area contributed by atoms with Crippen molar-refractivity contribution in [2.45, 2.75) is 45.8 Å². The molecular weight excluding hydrogens is 250 g/mol. The normalized spacial score (nSPS) is 15.6. The highest BCUT2D eigenvalue weighted by molar-refractivity contribution is 7.92. The van der Waals surface area contributed by atoms with E-state index in [1.165, 1.54) is 0 Å². The Labute approximate surface area is 112 Å². The molecule has 0 aliphatic heterocycles. The van der Waals surface area contributed by atoms with Gasteiger partial charge in [-0.15, -0.1) is 0 Å². The third-order valence-electron chi connectivity index (χ3n) is 3.10. The number of rotatable bonds is 11. The van der Waals surface area contributed by atoms with Crippen LogP contribution in [0, 0.1) is 5.92 Å². The Morgan fingerprint density at radius 3 is 2.44 bits per heavy atom. The van der Waals surface area contributed by atoms with Gasteiger partial charge in [0, 0.05) is 19.8 Å². The number of ether oxygens (including phenoxy) is 1. The molecule has 0 saturated heterocycles. The maximum absolute atomic E-state index is 12.0. The molecule has 18 heavy (non-hydrogen) atoms. The molecule has 0 aliphatic carbocycles. The van der Waals surface area contributed by atoms with Crippen LogP contribution in [0.1, 0.15) is 40.5 Å². The molecule has 0 bridgehead atoms. The maximum Gasteiger partial charge on any atom is 0.154 e. The molecule has 5 heteroatoms. The van der Waals surface area contributed by atoms with Gasteiger partial charge in [-0.05, 0) is 32.7 Å². The van der Waals surface area contributed by atoms with Crippen molar-refractivity contribution in [3.05, 3.63) is 0 Å². The summed E-state index contributed by atoms with van der Waals surface area (Å²) in [6, 6.07) is 0. The maximum atomic E-state index is 12.0. The van der Waals surface area contributed by atoms with Crippen molar-refractivity contribution < 1.29 is 13.2 Å². The molecule has 2 atom stereocenters. The fourth-order valence-electron chi connectivity index (χ4n) is 1.55. The Hall–Kier alpha value is -0.130. The Bertz CT molecular complexity index is 291. The highest BCUT2D eigenvalue weighted by atomic mass is 32.2. The first-order chi connectivity index (χ1) is 8.44. The molecule has 0 radical (unpaired) electrons. The van der Waals surface area contributed by atoms with Gasteiger partial charge in [-0.25, -0.2) is 8.42 Å². The monoisotopic (exact) mass is 279 g/mol. The van der Waals surface area contributed by atoms with Gasteiger partial charge in [-0.1, -0.05) is 20.3 Å². The minimum absolute atomic E-state index is 0.246. The second-order valence-corrected chi connectivity index (χ2v) is 7.37. The van der Waals surface area contributed by atoms with Gasteiger partial charge in [-0.2, -0.15) is 0 Å². The molecule has 0 rings (SSSR count). The predicted molar refractivity (Wildman–Crippen MR) is 76.7 cm³/mol. The van der Waals surface area contributed by atoms with Crippen LogP contribution >= 0.6 is 0 Å². The van der Waals surface area contributed by atoms with Crippen molar-refractivity contribution in [2.24, 2.45) is 5.92 Å². The van der Waals surface area contributed by atoms with E-state index in [-0.39, 0.29) is 11.2 Å². The molecule has 4 nitrogen and oxygen atoms in total. The number of hydrogen-bond donors (Lipinski definition) is 1. The topological polar surface area (TPSA) is 55.4 Å². The number of hydrogen-bond acceptors (Lipinski definition) is 4. The molecule has 0 aromatic rings. The Morgan fingerprint density at radius 2 is 1.89 bits per heavy atom. The van der Waals surface area contributed by atoms with E-state index in [0.717, 1.165) is 32.6 Å². The van der Waals surface area contributed by atoms with Crippen molar-refractivity contribution in [1.82, 2.24) is 5.32 Å². The third-order valence-corrected chi connectivity index (χ3v) is 5.53. The Morgan fingerprint density at radius 1 is 1.22 bits per heavy atom. The van der Waals surface area contributed by atoms with Crippen LogP contribution in [0.2, 0.25) is 0 Å². The van der Waals surface area contributed by atoms with Crippen LogP contribution in [-0.4, -0.2) is 45.7 Å². The smallest absolute Gasteiger partial charge is 0.154 e. The fraction of sp³-hybridized carbons (Fsp3) is 1.00. The summed E-state index contributed by atoms with van der Waals surface area (Å²) < 4.78 is 29.2. The minimum Gasteiger partial charge on any atom is -0.382 e. The summed E-state index contributed by atoms with van der Waals surface area (Å²) in [5.41, 5.74) is 0. The van der Waals surface area contributed by atoms with Crippen LogP contribution in [0.4, 0.5) is 0 Å². The van der Waals surface area contributed by atoms with E-state index in [1.54, 1.807) is 6.92 Å². The van der Waals surface area contributed by atoms with E-state index in [9.17, 15) is 8.42 Å². The van der Waals surface area contributed by atoms with Crippen LogP contribution < -0.4 is 5.32 Å². The van der Waals surface area contributed by atoms with E-state index in [0.29, 0.717) is 12.3 Å². The standard InChI is InChI=1S/C13H29NO3S/c1-5-12(3)11-18(15,16)13(4)10-14-8-7-9-17-6-2/h12-14H,5-11H2,1-4H3. The lowest BCUT2D eigenvalue weighted by Gasteiger charge is -2.16. The molecule has 110 valence electrons. The zero-order chi connectivity index (χ0) is 14.0. The van der Waals surface area contributed by atoms with E-state index in [4.69, 9.17) is 4.74 Å². The highest BCUT2D eigenvalue weighted by Crippen LogP contribution is 2.10. The summed E-state index contributed by atoms with van der Waals surface area (Å²) in [7, 11) is -2.96. The van der Waals surface area contributed by atoms with E-state index in [1.807, 2.05) is 20.8 Å². The lowest BCUT2D eigenvalue weighted by Crippen LogP contribution is -2.34. The zero-order valence-electron chi connectivity index (χ0n) is 12.2. The minimum atomic E-state index is -2.96. The lowest BCUT2D eigenvalue weighted by atomic mass is 10.2. The predicted octanol–water partition coefficient (Wildman–Crippen LogP) is 1.85. The second-order valence-electron chi connectivity index (χ2n) is 4.91. The van der Waals surface area contributed by atoms with Gasteiger partial charge >= 0.3 is 0 Å². The first-order valence-corrected chi connectivity index (χ1v) is 8.65. The summed E-state index contributed by atoms with van der Waals surface area (Å²) >= 11 is 0. The molecule has 0 fully saturated rings.